The van der Waals surface area contributed by atoms with Gasteiger partial charge in [-0.1, -0.05) is 0 Å². The van der Waals surface area contributed by atoms with E-state index in [1.54, 1.807) is 0 Å². The highest BCUT2D eigenvalue weighted by atomic mass is 16.6. The summed E-state index contributed by atoms with van der Waals surface area (Å²) in [5.74, 6) is -0.541. The molecule has 0 atom stereocenters. The van der Waals surface area contributed by atoms with Crippen molar-refractivity contribution >= 4 is 17.2 Å². The average Bonchev–Trinajstić information content (AvgIpc) is 2.42. The number of benzene rings is 1. The molecule has 2 rings (SSSR count). The molecule has 0 spiro atoms. The predicted molar refractivity (Wildman–Crippen MR) is 48.0 cm³/mol. The summed E-state index contributed by atoms with van der Waals surface area (Å²) >= 11 is 0. The second kappa shape index (κ2) is 2.66. The molecule has 5 nitrogen and oxygen atoms in total. The number of carbonyl (C=O) groups is 1. The lowest BCUT2D eigenvalue weighted by Gasteiger charge is -1.98. The first-order valence-corrected chi connectivity index (χ1v) is 3.83. The van der Waals surface area contributed by atoms with Gasteiger partial charge in [0.2, 0.25) is 0 Å². The van der Waals surface area contributed by atoms with Crippen LogP contribution in [0, 0.1) is 10.1 Å². The van der Waals surface area contributed by atoms with E-state index in [1.165, 1.54) is 18.2 Å². The standard InChI is InChI=1S/C9H5NO4/c11-8-4-9(12)7-3-5(10(13)14)1-2-6(7)8/h1-4,12H. The lowest BCUT2D eigenvalue weighted by atomic mass is 10.1. The number of ketones is 1. The van der Waals surface area contributed by atoms with Gasteiger partial charge in [0.1, 0.15) is 5.76 Å². The number of allylic oxidation sites excluding steroid dienone is 1. The van der Waals surface area contributed by atoms with Gasteiger partial charge in [0.05, 0.1) is 4.92 Å². The van der Waals surface area contributed by atoms with Crippen molar-refractivity contribution < 1.29 is 14.8 Å². The van der Waals surface area contributed by atoms with E-state index in [4.69, 9.17) is 0 Å². The Kier molecular flexibility index (Phi) is 1.60. The van der Waals surface area contributed by atoms with E-state index < -0.39 is 4.92 Å². The predicted octanol–water partition coefficient (Wildman–Crippen LogP) is 1.69. The molecule has 0 aliphatic heterocycles. The number of nitro groups is 1. The number of aliphatic hydroxyl groups excluding tert-OH is 1. The smallest absolute Gasteiger partial charge is 0.270 e. The van der Waals surface area contributed by atoms with Crippen molar-refractivity contribution in [2.45, 2.75) is 0 Å². The van der Waals surface area contributed by atoms with Crippen LogP contribution in [0.25, 0.3) is 5.76 Å². The van der Waals surface area contributed by atoms with Crippen molar-refractivity contribution in [3.8, 4) is 0 Å². The first-order valence-electron chi connectivity index (χ1n) is 3.83. The molecule has 1 aromatic rings. The van der Waals surface area contributed by atoms with Crippen LogP contribution in [0.2, 0.25) is 0 Å². The van der Waals surface area contributed by atoms with Crippen molar-refractivity contribution in [1.82, 2.24) is 0 Å². The Balaban J connectivity index is 2.61. The zero-order valence-electron chi connectivity index (χ0n) is 6.93. The summed E-state index contributed by atoms with van der Waals surface area (Å²) < 4.78 is 0. The number of aliphatic hydroxyl groups is 1. The average molecular weight is 191 g/mol. The molecular weight excluding hydrogens is 186 g/mol. The molecule has 0 radical (unpaired) electrons. The zero-order chi connectivity index (χ0) is 10.3. The van der Waals surface area contributed by atoms with E-state index >= 15 is 0 Å². The molecule has 0 unspecified atom stereocenters. The van der Waals surface area contributed by atoms with Gasteiger partial charge in [-0.3, -0.25) is 14.9 Å². The second-order valence-corrected chi connectivity index (χ2v) is 2.88. The SMILES string of the molecule is O=C1C=C(O)c2cc([N+](=O)[O-])ccc21. The van der Waals surface area contributed by atoms with Gasteiger partial charge in [0.15, 0.2) is 5.78 Å². The minimum absolute atomic E-state index is 0.140. The van der Waals surface area contributed by atoms with E-state index in [0.29, 0.717) is 5.56 Å². The summed E-state index contributed by atoms with van der Waals surface area (Å²) in [7, 11) is 0. The molecule has 0 saturated heterocycles. The van der Waals surface area contributed by atoms with Crippen LogP contribution in [0.5, 0.6) is 0 Å². The third kappa shape index (κ3) is 1.06. The van der Waals surface area contributed by atoms with Crippen molar-refractivity contribution in [3.05, 3.63) is 45.5 Å². The monoisotopic (exact) mass is 191 g/mol. The Morgan fingerprint density at radius 1 is 1.29 bits per heavy atom. The van der Waals surface area contributed by atoms with E-state index in [1.807, 2.05) is 0 Å². The van der Waals surface area contributed by atoms with E-state index in [-0.39, 0.29) is 22.8 Å². The Morgan fingerprint density at radius 3 is 2.64 bits per heavy atom. The zero-order valence-corrected chi connectivity index (χ0v) is 6.93. The van der Waals surface area contributed by atoms with Gasteiger partial charge >= 0.3 is 0 Å². The topological polar surface area (TPSA) is 80.4 Å². The van der Waals surface area contributed by atoms with Crippen molar-refractivity contribution in [3.63, 3.8) is 0 Å². The third-order valence-electron chi connectivity index (χ3n) is 2.02. The van der Waals surface area contributed by atoms with Crippen LogP contribution >= 0.6 is 0 Å². The van der Waals surface area contributed by atoms with Gasteiger partial charge in [-0.05, 0) is 6.07 Å². The maximum Gasteiger partial charge on any atom is 0.270 e. The molecule has 0 fully saturated rings. The summed E-state index contributed by atoms with van der Waals surface area (Å²) in [6.45, 7) is 0. The number of carbonyl (C=O) groups excluding carboxylic acids is 1. The number of fused-ring (bicyclic) bond motifs is 1. The molecule has 0 bridgehead atoms. The molecule has 5 heteroatoms. The van der Waals surface area contributed by atoms with Crippen LogP contribution in [0.3, 0.4) is 0 Å². The number of hydrogen-bond acceptors (Lipinski definition) is 4. The number of nitrogens with zero attached hydrogens (tertiary/aromatic N) is 1. The lowest BCUT2D eigenvalue weighted by Crippen LogP contribution is -1.94. The Bertz CT molecular complexity index is 476. The lowest BCUT2D eigenvalue weighted by molar-refractivity contribution is -0.384. The fourth-order valence-electron chi connectivity index (χ4n) is 1.35. The molecule has 0 amide bonds. The highest BCUT2D eigenvalue weighted by Crippen LogP contribution is 2.28. The highest BCUT2D eigenvalue weighted by molar-refractivity contribution is 6.15. The molecular formula is C9H5NO4. The van der Waals surface area contributed by atoms with Crippen LogP contribution in [0.4, 0.5) is 5.69 Å². The summed E-state index contributed by atoms with van der Waals surface area (Å²) in [6.07, 6.45) is 1.05. The molecule has 1 aliphatic carbocycles. The van der Waals surface area contributed by atoms with Crippen molar-refractivity contribution in [2.75, 3.05) is 0 Å². The molecule has 0 heterocycles. The Hall–Kier alpha value is -2.17. The number of rotatable bonds is 1. The molecule has 14 heavy (non-hydrogen) atoms. The fraction of sp³-hybridized carbons (Fsp3) is 0. The van der Waals surface area contributed by atoms with Gasteiger partial charge in [-0.2, -0.15) is 0 Å². The number of nitro benzene ring substituents is 1. The van der Waals surface area contributed by atoms with E-state index in [0.717, 1.165) is 6.08 Å². The van der Waals surface area contributed by atoms with Crippen LogP contribution in [-0.4, -0.2) is 15.8 Å². The summed E-state index contributed by atoms with van der Waals surface area (Å²) in [5.41, 5.74) is 0.385. The van der Waals surface area contributed by atoms with E-state index in [2.05, 4.69) is 0 Å². The van der Waals surface area contributed by atoms with Crippen LogP contribution in [0.1, 0.15) is 15.9 Å². The number of non-ortho nitro benzene ring substituents is 1. The molecule has 0 aromatic heterocycles. The second-order valence-electron chi connectivity index (χ2n) is 2.88. The minimum Gasteiger partial charge on any atom is -0.507 e. The van der Waals surface area contributed by atoms with Crippen molar-refractivity contribution in [2.24, 2.45) is 0 Å². The number of hydrogen-bond donors (Lipinski definition) is 1. The first kappa shape index (κ1) is 8.43. The van der Waals surface area contributed by atoms with Crippen LogP contribution in [-0.2, 0) is 0 Å². The molecule has 1 N–H and O–H groups in total. The van der Waals surface area contributed by atoms with Gasteiger partial charge in [0.25, 0.3) is 5.69 Å². The maximum absolute atomic E-state index is 11.2. The summed E-state index contributed by atoms with van der Waals surface area (Å²) in [5, 5.41) is 19.7. The maximum atomic E-state index is 11.2. The largest absolute Gasteiger partial charge is 0.507 e. The molecule has 1 aromatic carbocycles. The first-order chi connectivity index (χ1) is 6.59. The molecule has 1 aliphatic rings. The third-order valence-corrected chi connectivity index (χ3v) is 2.02. The Morgan fingerprint density at radius 2 is 2.00 bits per heavy atom. The van der Waals surface area contributed by atoms with E-state index in [9.17, 15) is 20.0 Å². The molecule has 0 saturated carbocycles. The van der Waals surface area contributed by atoms with Crippen LogP contribution < -0.4 is 0 Å². The van der Waals surface area contributed by atoms with Gasteiger partial charge < -0.3 is 5.11 Å². The van der Waals surface area contributed by atoms with Crippen LogP contribution in [0.15, 0.2) is 24.3 Å². The fourth-order valence-corrected chi connectivity index (χ4v) is 1.35. The normalized spacial score (nSPS) is 13.7. The van der Waals surface area contributed by atoms with Gasteiger partial charge in [-0.25, -0.2) is 0 Å². The minimum atomic E-state index is -0.573. The van der Waals surface area contributed by atoms with Crippen molar-refractivity contribution in [1.29, 1.82) is 0 Å². The summed E-state index contributed by atoms with van der Waals surface area (Å²) in [6, 6.07) is 3.77. The van der Waals surface area contributed by atoms with Gasteiger partial charge in [0, 0.05) is 29.3 Å². The summed E-state index contributed by atoms with van der Waals surface area (Å²) in [4.78, 5) is 21.0. The highest BCUT2D eigenvalue weighted by Gasteiger charge is 2.23. The molecule has 70 valence electrons. The quantitative estimate of drug-likeness (QED) is 0.541. The van der Waals surface area contributed by atoms with Gasteiger partial charge in [-0.15, -0.1) is 0 Å². The Labute approximate surface area is 78.4 Å².